The molecule has 8 heteroatoms. The number of nitrogens with zero attached hydrogens (tertiary/aromatic N) is 2. The highest BCUT2D eigenvalue weighted by atomic mass is 32.1. The summed E-state index contributed by atoms with van der Waals surface area (Å²) in [4.78, 5) is 22.3. The number of carbonyl (C=O) groups excluding carboxylic acids is 1. The van der Waals surface area contributed by atoms with Crippen LogP contribution in [0.5, 0.6) is 0 Å². The van der Waals surface area contributed by atoms with Gasteiger partial charge in [0.05, 0.1) is 13.2 Å². The third-order valence-corrected chi connectivity index (χ3v) is 6.29. The normalized spacial score (nSPS) is 11.4. The molecule has 2 aromatic heterocycles. The van der Waals surface area contributed by atoms with Gasteiger partial charge in [0, 0.05) is 54.8 Å². The molecule has 2 aromatic carbocycles. The molecule has 0 saturated heterocycles. The van der Waals surface area contributed by atoms with E-state index in [9.17, 15) is 9.18 Å². The lowest BCUT2D eigenvalue weighted by Gasteiger charge is -2.21. The fourth-order valence-electron chi connectivity index (χ4n) is 3.73. The van der Waals surface area contributed by atoms with Crippen LogP contribution in [0.15, 0.2) is 60.1 Å². The van der Waals surface area contributed by atoms with Crippen molar-refractivity contribution in [3.63, 3.8) is 0 Å². The smallest absolute Gasteiger partial charge is 0.270 e. The van der Waals surface area contributed by atoms with Crippen molar-refractivity contribution in [1.82, 2.24) is 20.2 Å². The third kappa shape index (κ3) is 6.04. The Bertz CT molecular complexity index is 1210. The van der Waals surface area contributed by atoms with E-state index in [-0.39, 0.29) is 11.7 Å². The second-order valence-corrected chi connectivity index (χ2v) is 8.73. The maximum absolute atomic E-state index is 14.4. The Kier molecular flexibility index (Phi) is 7.83. The molecule has 4 aromatic rings. The van der Waals surface area contributed by atoms with E-state index in [2.05, 4.69) is 32.3 Å². The maximum atomic E-state index is 14.4. The first-order chi connectivity index (χ1) is 16.1. The molecule has 0 aliphatic carbocycles. The van der Waals surface area contributed by atoms with Crippen molar-refractivity contribution in [3.05, 3.63) is 87.8 Å². The zero-order chi connectivity index (χ0) is 23.0. The number of carbonyl (C=O) groups is 1. The van der Waals surface area contributed by atoms with Gasteiger partial charge in [-0.05, 0) is 24.1 Å². The number of para-hydroxylation sites is 1. The molecule has 0 spiro atoms. The zero-order valence-corrected chi connectivity index (χ0v) is 19.3. The van der Waals surface area contributed by atoms with Gasteiger partial charge in [0.2, 0.25) is 0 Å². The molecule has 0 fully saturated rings. The van der Waals surface area contributed by atoms with Gasteiger partial charge in [-0.3, -0.25) is 9.69 Å². The highest BCUT2D eigenvalue weighted by molar-refractivity contribution is 7.09. The summed E-state index contributed by atoms with van der Waals surface area (Å²) in [6.45, 7) is 2.61. The van der Waals surface area contributed by atoms with Gasteiger partial charge >= 0.3 is 0 Å². The number of thiazole rings is 1. The van der Waals surface area contributed by atoms with Crippen LogP contribution in [0.1, 0.15) is 26.6 Å². The first kappa shape index (κ1) is 23.1. The van der Waals surface area contributed by atoms with Gasteiger partial charge in [0.1, 0.15) is 16.5 Å². The number of aromatic amines is 1. The molecule has 2 heterocycles. The van der Waals surface area contributed by atoms with Gasteiger partial charge in [-0.1, -0.05) is 36.4 Å². The lowest BCUT2D eigenvalue weighted by Crippen LogP contribution is -2.28. The van der Waals surface area contributed by atoms with Gasteiger partial charge in [-0.25, -0.2) is 9.37 Å². The fourth-order valence-corrected chi connectivity index (χ4v) is 4.55. The second kappa shape index (κ2) is 11.2. The summed E-state index contributed by atoms with van der Waals surface area (Å²) in [6, 6.07) is 15.1. The standard InChI is InChI=1S/C25H27FN4O2S/c1-32-13-11-27-25(31)23-17-33-24(29-23)16-30(15-19-6-2-4-8-21(19)26)12-10-18-14-28-22-9-5-3-7-20(18)22/h2-9,14,17,28H,10-13,15-16H2,1H3,(H,27,31). The van der Waals surface area contributed by atoms with Crippen LogP contribution in [0, 0.1) is 5.82 Å². The molecular weight excluding hydrogens is 439 g/mol. The highest BCUT2D eigenvalue weighted by Gasteiger charge is 2.16. The predicted molar refractivity (Wildman–Crippen MR) is 129 cm³/mol. The number of aromatic nitrogens is 2. The minimum Gasteiger partial charge on any atom is -0.383 e. The van der Waals surface area contributed by atoms with Crippen LogP contribution in [0.25, 0.3) is 10.9 Å². The molecule has 0 aliphatic rings. The Balaban J connectivity index is 1.47. The van der Waals surface area contributed by atoms with Crippen LogP contribution in [-0.2, 0) is 24.2 Å². The van der Waals surface area contributed by atoms with E-state index >= 15 is 0 Å². The molecule has 0 atom stereocenters. The predicted octanol–water partition coefficient (Wildman–Crippen LogP) is 4.38. The van der Waals surface area contributed by atoms with Crippen LogP contribution in [0.2, 0.25) is 0 Å². The number of hydrogen-bond donors (Lipinski definition) is 2. The summed E-state index contributed by atoms with van der Waals surface area (Å²) >= 11 is 1.44. The summed E-state index contributed by atoms with van der Waals surface area (Å²) in [6.07, 6.45) is 2.85. The van der Waals surface area contributed by atoms with Crippen LogP contribution in [0.3, 0.4) is 0 Å². The molecule has 0 aliphatic heterocycles. The lowest BCUT2D eigenvalue weighted by atomic mass is 10.1. The number of methoxy groups -OCH3 is 1. The van der Waals surface area contributed by atoms with Crippen molar-refractivity contribution in [2.45, 2.75) is 19.5 Å². The van der Waals surface area contributed by atoms with Crippen LogP contribution in [0.4, 0.5) is 4.39 Å². The van der Waals surface area contributed by atoms with E-state index in [1.807, 2.05) is 30.5 Å². The quantitative estimate of drug-likeness (QED) is 0.322. The van der Waals surface area contributed by atoms with E-state index in [1.165, 1.54) is 28.4 Å². The van der Waals surface area contributed by atoms with Crippen molar-refractivity contribution >= 4 is 28.1 Å². The van der Waals surface area contributed by atoms with E-state index in [0.29, 0.717) is 37.5 Å². The molecule has 0 bridgehead atoms. The molecule has 33 heavy (non-hydrogen) atoms. The molecule has 4 rings (SSSR count). The third-order valence-electron chi connectivity index (χ3n) is 5.46. The molecule has 172 valence electrons. The number of benzene rings is 2. The number of hydrogen-bond acceptors (Lipinski definition) is 5. The minimum atomic E-state index is -0.216. The van der Waals surface area contributed by atoms with Crippen molar-refractivity contribution in [2.24, 2.45) is 0 Å². The monoisotopic (exact) mass is 466 g/mol. The van der Waals surface area contributed by atoms with Gasteiger partial charge in [0.25, 0.3) is 5.91 Å². The SMILES string of the molecule is COCCNC(=O)c1csc(CN(CCc2c[nH]c3ccccc23)Cc2ccccc2F)n1. The van der Waals surface area contributed by atoms with E-state index in [0.717, 1.165) is 23.5 Å². The maximum Gasteiger partial charge on any atom is 0.270 e. The van der Waals surface area contributed by atoms with E-state index in [1.54, 1.807) is 18.6 Å². The van der Waals surface area contributed by atoms with E-state index < -0.39 is 0 Å². The summed E-state index contributed by atoms with van der Waals surface area (Å²) in [5.41, 5.74) is 3.37. The van der Waals surface area contributed by atoms with Crippen LogP contribution < -0.4 is 5.32 Å². The summed E-state index contributed by atoms with van der Waals surface area (Å²) in [5.74, 6) is -0.430. The highest BCUT2D eigenvalue weighted by Crippen LogP contribution is 2.21. The first-order valence-corrected chi connectivity index (χ1v) is 11.7. The van der Waals surface area contributed by atoms with Crippen molar-refractivity contribution in [2.75, 3.05) is 26.8 Å². The molecule has 0 unspecified atom stereocenters. The van der Waals surface area contributed by atoms with Gasteiger partial charge in [0.15, 0.2) is 0 Å². The zero-order valence-electron chi connectivity index (χ0n) is 18.5. The molecule has 1 amide bonds. The van der Waals surface area contributed by atoms with Crippen molar-refractivity contribution in [3.8, 4) is 0 Å². The number of fused-ring (bicyclic) bond motifs is 1. The Morgan fingerprint density at radius 3 is 2.82 bits per heavy atom. The number of H-pyrrole nitrogens is 1. The topological polar surface area (TPSA) is 70.2 Å². The summed E-state index contributed by atoms with van der Waals surface area (Å²) < 4.78 is 19.3. The molecule has 2 N–H and O–H groups in total. The lowest BCUT2D eigenvalue weighted by molar-refractivity contribution is 0.0932. The number of amides is 1. The average molecular weight is 467 g/mol. The summed E-state index contributed by atoms with van der Waals surface area (Å²) in [5, 5.41) is 6.57. The molecule has 0 radical (unpaired) electrons. The van der Waals surface area contributed by atoms with Crippen LogP contribution >= 0.6 is 11.3 Å². The average Bonchev–Trinajstić information content (AvgIpc) is 3.46. The second-order valence-electron chi connectivity index (χ2n) is 7.79. The van der Waals surface area contributed by atoms with Gasteiger partial charge < -0.3 is 15.0 Å². The molecular formula is C25H27FN4O2S. The van der Waals surface area contributed by atoms with Crippen LogP contribution in [-0.4, -0.2) is 47.6 Å². The minimum absolute atomic E-state index is 0.214. The Morgan fingerprint density at radius 2 is 1.97 bits per heavy atom. The van der Waals surface area contributed by atoms with Gasteiger partial charge in [-0.15, -0.1) is 11.3 Å². The van der Waals surface area contributed by atoms with E-state index in [4.69, 9.17) is 4.74 Å². The number of nitrogens with one attached hydrogen (secondary N) is 2. The largest absolute Gasteiger partial charge is 0.383 e. The molecule has 0 saturated carbocycles. The van der Waals surface area contributed by atoms with Crippen molar-refractivity contribution < 1.29 is 13.9 Å². The Labute approximate surface area is 196 Å². The number of halogens is 1. The Hall–Kier alpha value is -3.07. The fraction of sp³-hybridized carbons (Fsp3) is 0.280. The first-order valence-electron chi connectivity index (χ1n) is 10.9. The summed E-state index contributed by atoms with van der Waals surface area (Å²) in [7, 11) is 1.59. The van der Waals surface area contributed by atoms with Gasteiger partial charge in [-0.2, -0.15) is 0 Å². The number of rotatable bonds is 11. The Morgan fingerprint density at radius 1 is 1.15 bits per heavy atom. The molecule has 6 nitrogen and oxygen atoms in total. The van der Waals surface area contributed by atoms with Crippen molar-refractivity contribution in [1.29, 1.82) is 0 Å². The number of ether oxygens (including phenoxy) is 1.